The standard InChI is InChI=1S/C4H5ClN6O2/c5-3-1(6)2(11(12)13)4(8-7)10-9-3/h7H2,(H3,6,8,10). The molecule has 0 aromatic carbocycles. The Kier molecular flexibility index (Phi) is 2.44. The van der Waals surface area contributed by atoms with Crippen LogP contribution in [0.1, 0.15) is 0 Å². The average Bonchev–Trinajstić information content (AvgIpc) is 2.08. The number of nitrogens with zero attached hydrogens (tertiary/aromatic N) is 3. The van der Waals surface area contributed by atoms with Crippen molar-refractivity contribution in [1.29, 1.82) is 0 Å². The van der Waals surface area contributed by atoms with Gasteiger partial charge in [0.25, 0.3) is 0 Å². The van der Waals surface area contributed by atoms with E-state index in [9.17, 15) is 10.1 Å². The molecule has 0 aliphatic carbocycles. The van der Waals surface area contributed by atoms with Gasteiger partial charge in [-0.25, -0.2) is 5.84 Å². The molecule has 9 heteroatoms. The third-order valence-corrected chi connectivity index (χ3v) is 1.54. The van der Waals surface area contributed by atoms with Crippen molar-refractivity contribution in [3.05, 3.63) is 15.3 Å². The maximum atomic E-state index is 10.5. The maximum Gasteiger partial charge on any atom is 0.340 e. The number of rotatable bonds is 2. The fourth-order valence-corrected chi connectivity index (χ4v) is 0.830. The normalized spacial score (nSPS) is 9.69. The average molecular weight is 205 g/mol. The lowest BCUT2D eigenvalue weighted by Gasteiger charge is -2.02. The van der Waals surface area contributed by atoms with Crippen molar-refractivity contribution in [2.45, 2.75) is 0 Å². The second-order valence-corrected chi connectivity index (χ2v) is 2.36. The summed E-state index contributed by atoms with van der Waals surface area (Å²) in [6, 6.07) is 0. The summed E-state index contributed by atoms with van der Waals surface area (Å²) < 4.78 is 0. The summed E-state index contributed by atoms with van der Waals surface area (Å²) in [4.78, 5) is 9.71. The zero-order chi connectivity index (χ0) is 10.0. The van der Waals surface area contributed by atoms with Crippen molar-refractivity contribution in [1.82, 2.24) is 10.2 Å². The van der Waals surface area contributed by atoms with E-state index in [0.29, 0.717) is 0 Å². The first-order chi connectivity index (χ1) is 6.07. The molecule has 0 spiro atoms. The third-order valence-electron chi connectivity index (χ3n) is 1.26. The molecule has 0 saturated heterocycles. The second kappa shape index (κ2) is 3.37. The van der Waals surface area contributed by atoms with Crippen LogP contribution in [0.2, 0.25) is 5.15 Å². The van der Waals surface area contributed by atoms with E-state index in [2.05, 4.69) is 10.2 Å². The molecule has 70 valence electrons. The van der Waals surface area contributed by atoms with Crippen LogP contribution in [-0.4, -0.2) is 15.1 Å². The van der Waals surface area contributed by atoms with Crippen molar-refractivity contribution in [2.24, 2.45) is 5.84 Å². The fraction of sp³-hybridized carbons (Fsp3) is 0. The highest BCUT2D eigenvalue weighted by atomic mass is 35.5. The van der Waals surface area contributed by atoms with Crippen LogP contribution in [0.5, 0.6) is 0 Å². The van der Waals surface area contributed by atoms with Crippen molar-refractivity contribution in [2.75, 3.05) is 11.2 Å². The van der Waals surface area contributed by atoms with Crippen molar-refractivity contribution in [3.8, 4) is 0 Å². The predicted octanol–water partition coefficient (Wildman–Crippen LogP) is -0.0940. The molecule has 5 N–H and O–H groups in total. The summed E-state index contributed by atoms with van der Waals surface area (Å²) in [5.74, 6) is 4.72. The Morgan fingerprint density at radius 2 is 2.15 bits per heavy atom. The molecule has 0 aliphatic rings. The Balaban J connectivity index is 3.41. The van der Waals surface area contributed by atoms with E-state index < -0.39 is 10.6 Å². The molecule has 0 bridgehead atoms. The Bertz CT molecular complexity index is 355. The Hall–Kier alpha value is -1.67. The van der Waals surface area contributed by atoms with Gasteiger partial charge in [-0.2, -0.15) is 0 Å². The van der Waals surface area contributed by atoms with Gasteiger partial charge in [0.15, 0.2) is 10.8 Å². The summed E-state index contributed by atoms with van der Waals surface area (Å²) >= 11 is 5.42. The van der Waals surface area contributed by atoms with Gasteiger partial charge in [-0.1, -0.05) is 11.6 Å². The summed E-state index contributed by atoms with van der Waals surface area (Å²) in [6.07, 6.45) is 0. The van der Waals surface area contributed by atoms with Gasteiger partial charge in [-0.3, -0.25) is 10.1 Å². The lowest BCUT2D eigenvalue weighted by atomic mass is 10.4. The first-order valence-electron chi connectivity index (χ1n) is 3.00. The van der Waals surface area contributed by atoms with Gasteiger partial charge < -0.3 is 11.2 Å². The zero-order valence-electron chi connectivity index (χ0n) is 6.19. The van der Waals surface area contributed by atoms with Gasteiger partial charge in [0.1, 0.15) is 0 Å². The maximum absolute atomic E-state index is 10.5. The second-order valence-electron chi connectivity index (χ2n) is 2.00. The topological polar surface area (TPSA) is 133 Å². The van der Waals surface area contributed by atoms with Crippen LogP contribution in [-0.2, 0) is 0 Å². The molecule has 8 nitrogen and oxygen atoms in total. The molecule has 1 aromatic rings. The van der Waals surface area contributed by atoms with Crippen LogP contribution < -0.4 is 17.0 Å². The van der Waals surface area contributed by atoms with Gasteiger partial charge in [-0.15, -0.1) is 10.2 Å². The molecule has 0 atom stereocenters. The smallest absolute Gasteiger partial charge is 0.340 e. The number of aromatic nitrogens is 2. The summed E-state index contributed by atoms with van der Waals surface area (Å²) in [7, 11) is 0. The summed E-state index contributed by atoms with van der Waals surface area (Å²) in [5, 5.41) is 16.9. The van der Waals surface area contributed by atoms with E-state index in [1.54, 1.807) is 0 Å². The van der Waals surface area contributed by atoms with Crippen molar-refractivity contribution < 1.29 is 4.92 Å². The Morgan fingerprint density at radius 3 is 2.62 bits per heavy atom. The fourth-order valence-electron chi connectivity index (χ4n) is 0.702. The molecule has 0 fully saturated rings. The molecule has 0 radical (unpaired) electrons. The molecule has 1 heterocycles. The molecular formula is C4H5ClN6O2. The van der Waals surface area contributed by atoms with E-state index in [-0.39, 0.29) is 16.7 Å². The minimum atomic E-state index is -0.745. The monoisotopic (exact) mass is 204 g/mol. The number of nitrogen functional groups attached to an aromatic ring is 2. The third kappa shape index (κ3) is 1.58. The number of nitro groups is 1. The minimum absolute atomic E-state index is 0.230. The number of hydrogen-bond acceptors (Lipinski definition) is 7. The molecule has 0 saturated carbocycles. The van der Waals surface area contributed by atoms with E-state index in [0.717, 1.165) is 0 Å². The van der Waals surface area contributed by atoms with Gasteiger partial charge in [-0.05, 0) is 0 Å². The Morgan fingerprint density at radius 1 is 1.54 bits per heavy atom. The Labute approximate surface area is 77.0 Å². The molecule has 1 aromatic heterocycles. The molecular weight excluding hydrogens is 200 g/mol. The highest BCUT2D eigenvalue weighted by Crippen LogP contribution is 2.31. The number of nitrogens with one attached hydrogen (secondary N) is 1. The SMILES string of the molecule is NNc1nnc(Cl)c(N)c1[N+](=O)[O-]. The number of hydrogen-bond donors (Lipinski definition) is 3. The first kappa shape index (κ1) is 9.42. The number of nitrogens with two attached hydrogens (primary N) is 2. The minimum Gasteiger partial charge on any atom is -0.390 e. The predicted molar refractivity (Wildman–Crippen MR) is 45.9 cm³/mol. The largest absolute Gasteiger partial charge is 0.390 e. The van der Waals surface area contributed by atoms with Crippen molar-refractivity contribution in [3.63, 3.8) is 0 Å². The highest BCUT2D eigenvalue weighted by molar-refractivity contribution is 6.32. The van der Waals surface area contributed by atoms with Gasteiger partial charge in [0, 0.05) is 0 Å². The van der Waals surface area contributed by atoms with E-state index >= 15 is 0 Å². The van der Waals surface area contributed by atoms with Crippen LogP contribution in [0.25, 0.3) is 0 Å². The van der Waals surface area contributed by atoms with E-state index in [4.69, 9.17) is 23.2 Å². The molecule has 13 heavy (non-hydrogen) atoms. The lowest BCUT2D eigenvalue weighted by Crippen LogP contribution is -2.13. The summed E-state index contributed by atoms with van der Waals surface area (Å²) in [5.41, 5.74) is 6.53. The van der Waals surface area contributed by atoms with E-state index in [1.807, 2.05) is 5.43 Å². The van der Waals surface area contributed by atoms with Crippen LogP contribution in [0.4, 0.5) is 17.2 Å². The molecule has 0 amide bonds. The van der Waals surface area contributed by atoms with Gasteiger partial charge in [0.2, 0.25) is 5.82 Å². The van der Waals surface area contributed by atoms with Gasteiger partial charge >= 0.3 is 5.69 Å². The highest BCUT2D eigenvalue weighted by Gasteiger charge is 2.22. The molecule has 0 unspecified atom stereocenters. The van der Waals surface area contributed by atoms with Gasteiger partial charge in [0.05, 0.1) is 4.92 Å². The van der Waals surface area contributed by atoms with Crippen LogP contribution in [0, 0.1) is 10.1 Å². The molecule has 1 rings (SSSR count). The van der Waals surface area contributed by atoms with Crippen LogP contribution in [0.15, 0.2) is 0 Å². The molecule has 0 aliphatic heterocycles. The zero-order valence-corrected chi connectivity index (χ0v) is 6.95. The first-order valence-corrected chi connectivity index (χ1v) is 3.38. The van der Waals surface area contributed by atoms with E-state index in [1.165, 1.54) is 0 Å². The number of halogens is 1. The number of anilines is 2. The number of hydrazine groups is 1. The lowest BCUT2D eigenvalue weighted by molar-refractivity contribution is -0.383. The quantitative estimate of drug-likeness (QED) is 0.348. The van der Waals surface area contributed by atoms with Crippen molar-refractivity contribution >= 4 is 28.8 Å². The summed E-state index contributed by atoms with van der Waals surface area (Å²) in [6.45, 7) is 0. The van der Waals surface area contributed by atoms with Crippen LogP contribution >= 0.6 is 11.6 Å². The van der Waals surface area contributed by atoms with Crippen LogP contribution in [0.3, 0.4) is 0 Å².